The Kier molecular flexibility index (Phi) is 8.10. The zero-order chi connectivity index (χ0) is 17.9. The van der Waals surface area contributed by atoms with Crippen molar-refractivity contribution in [2.45, 2.75) is 32.6 Å². The topological polar surface area (TPSA) is 116 Å². The van der Waals surface area contributed by atoms with Crippen molar-refractivity contribution in [1.82, 2.24) is 5.32 Å². The van der Waals surface area contributed by atoms with Gasteiger partial charge < -0.3 is 10.1 Å². The normalized spacial score (nSPS) is 10.0. The van der Waals surface area contributed by atoms with E-state index in [4.69, 9.17) is 4.74 Å². The molecule has 1 N–H and O–H groups in total. The van der Waals surface area contributed by atoms with Crippen LogP contribution in [0.15, 0.2) is 24.3 Å². The molecule has 24 heavy (non-hydrogen) atoms. The van der Waals surface area contributed by atoms with E-state index in [9.17, 15) is 24.5 Å². The van der Waals surface area contributed by atoms with Crippen LogP contribution in [0.25, 0.3) is 0 Å². The maximum absolute atomic E-state index is 11.8. The van der Waals surface area contributed by atoms with Crippen molar-refractivity contribution in [2.75, 3.05) is 13.2 Å². The number of carbonyl (C=O) groups excluding carboxylic acids is 3. The van der Waals surface area contributed by atoms with Crippen LogP contribution in [0.1, 0.15) is 43.0 Å². The largest absolute Gasteiger partial charge is 0.457 e. The highest BCUT2D eigenvalue weighted by molar-refractivity contribution is 5.98. The summed E-state index contributed by atoms with van der Waals surface area (Å²) < 4.78 is 4.89. The smallest absolute Gasteiger partial charge is 0.306 e. The Morgan fingerprint density at radius 1 is 1.12 bits per heavy atom. The van der Waals surface area contributed by atoms with Gasteiger partial charge in [0.15, 0.2) is 12.4 Å². The molecule has 0 aliphatic carbocycles. The molecule has 0 spiro atoms. The Labute approximate surface area is 139 Å². The summed E-state index contributed by atoms with van der Waals surface area (Å²) in [5.41, 5.74) is 0.145. The third-order valence-electron chi connectivity index (χ3n) is 3.20. The van der Waals surface area contributed by atoms with Gasteiger partial charge in [-0.25, -0.2) is 0 Å². The summed E-state index contributed by atoms with van der Waals surface area (Å²) in [5.74, 6) is -0.965. The van der Waals surface area contributed by atoms with Crippen molar-refractivity contribution >= 4 is 23.3 Å². The van der Waals surface area contributed by atoms with Crippen LogP contribution in [0, 0.1) is 10.1 Å². The van der Waals surface area contributed by atoms with Crippen molar-refractivity contribution in [3.63, 3.8) is 0 Å². The molecule has 0 saturated heterocycles. The van der Waals surface area contributed by atoms with Crippen LogP contribution in [0.5, 0.6) is 0 Å². The summed E-state index contributed by atoms with van der Waals surface area (Å²) in [6, 6.07) is 5.11. The van der Waals surface area contributed by atoms with Crippen LogP contribution in [0.2, 0.25) is 0 Å². The van der Waals surface area contributed by atoms with Gasteiger partial charge >= 0.3 is 5.97 Å². The Hall–Kier alpha value is -2.77. The minimum Gasteiger partial charge on any atom is -0.457 e. The lowest BCUT2D eigenvalue weighted by Crippen LogP contribution is -2.20. The number of nitro groups is 1. The number of nitrogens with one attached hydrogen (secondary N) is 1. The summed E-state index contributed by atoms with van der Waals surface area (Å²) in [5, 5.41) is 13.2. The molecule has 0 radical (unpaired) electrons. The molecule has 130 valence electrons. The maximum Gasteiger partial charge on any atom is 0.306 e. The van der Waals surface area contributed by atoms with E-state index < -0.39 is 16.7 Å². The quantitative estimate of drug-likeness (QED) is 0.230. The summed E-state index contributed by atoms with van der Waals surface area (Å²) in [6.07, 6.45) is 2.36. The molecule has 1 rings (SSSR count). The van der Waals surface area contributed by atoms with Crippen molar-refractivity contribution in [2.24, 2.45) is 0 Å². The van der Waals surface area contributed by atoms with E-state index >= 15 is 0 Å². The fraction of sp³-hybridized carbons (Fsp3) is 0.438. The first-order valence-electron chi connectivity index (χ1n) is 7.58. The maximum atomic E-state index is 11.8. The van der Waals surface area contributed by atoms with Gasteiger partial charge in [0.05, 0.1) is 4.92 Å². The van der Waals surface area contributed by atoms with Gasteiger partial charge in [-0.15, -0.1) is 0 Å². The number of esters is 1. The molecule has 1 amide bonds. The second kappa shape index (κ2) is 10.1. The molecule has 0 fully saturated rings. The van der Waals surface area contributed by atoms with Crippen LogP contribution in [0.4, 0.5) is 5.69 Å². The molecule has 0 unspecified atom stereocenters. The number of amides is 1. The van der Waals surface area contributed by atoms with Gasteiger partial charge in [0.25, 0.3) is 5.69 Å². The third-order valence-corrected chi connectivity index (χ3v) is 3.20. The fourth-order valence-corrected chi connectivity index (χ4v) is 1.91. The van der Waals surface area contributed by atoms with Crippen LogP contribution < -0.4 is 5.32 Å². The second-order valence-corrected chi connectivity index (χ2v) is 5.18. The molecule has 8 nitrogen and oxygen atoms in total. The predicted octanol–water partition coefficient (Wildman–Crippen LogP) is 2.02. The van der Waals surface area contributed by atoms with Gasteiger partial charge in [0.1, 0.15) is 0 Å². The van der Waals surface area contributed by atoms with Crippen LogP contribution >= 0.6 is 0 Å². The Balaban J connectivity index is 2.22. The molecular weight excluding hydrogens is 316 g/mol. The van der Waals surface area contributed by atoms with E-state index in [0.29, 0.717) is 13.0 Å². The van der Waals surface area contributed by atoms with E-state index in [-0.39, 0.29) is 30.2 Å². The lowest BCUT2D eigenvalue weighted by Gasteiger charge is -2.05. The van der Waals surface area contributed by atoms with Crippen LogP contribution in [-0.2, 0) is 14.3 Å². The lowest BCUT2D eigenvalue weighted by molar-refractivity contribution is -0.384. The average molecular weight is 336 g/mol. The number of ketones is 1. The molecule has 1 aromatic carbocycles. The van der Waals surface area contributed by atoms with E-state index in [1.165, 1.54) is 31.2 Å². The van der Waals surface area contributed by atoms with Gasteiger partial charge in [-0.2, -0.15) is 0 Å². The molecule has 0 saturated carbocycles. The molecule has 0 atom stereocenters. The minimum absolute atomic E-state index is 0.0841. The van der Waals surface area contributed by atoms with E-state index in [1.54, 1.807) is 0 Å². The number of hydrogen-bond acceptors (Lipinski definition) is 6. The van der Waals surface area contributed by atoms with Crippen molar-refractivity contribution in [1.29, 1.82) is 0 Å². The predicted molar refractivity (Wildman–Crippen MR) is 85.5 cm³/mol. The molecule has 8 heteroatoms. The average Bonchev–Trinajstić information content (AvgIpc) is 2.55. The molecule has 0 aliphatic rings. The zero-order valence-electron chi connectivity index (χ0n) is 13.4. The summed E-state index contributed by atoms with van der Waals surface area (Å²) in [7, 11) is 0. The first kappa shape index (κ1) is 19.3. The zero-order valence-corrected chi connectivity index (χ0v) is 13.4. The van der Waals surface area contributed by atoms with Crippen molar-refractivity contribution < 1.29 is 24.0 Å². The molecular formula is C16H20N2O6. The highest BCUT2D eigenvalue weighted by atomic mass is 16.6. The number of unbranched alkanes of at least 4 members (excludes halogenated alkanes) is 2. The highest BCUT2D eigenvalue weighted by Gasteiger charge is 2.12. The number of nitrogens with zero attached hydrogens (tertiary/aromatic N) is 1. The van der Waals surface area contributed by atoms with Crippen molar-refractivity contribution in [3.8, 4) is 0 Å². The molecule has 0 bridgehead atoms. The highest BCUT2D eigenvalue weighted by Crippen LogP contribution is 2.12. The number of ether oxygens (including phenoxy) is 1. The monoisotopic (exact) mass is 336 g/mol. The number of nitro benzene ring substituents is 1. The molecule has 0 heterocycles. The minimum atomic E-state index is -0.555. The van der Waals surface area contributed by atoms with Gasteiger partial charge in [-0.05, 0) is 25.0 Å². The van der Waals surface area contributed by atoms with Gasteiger partial charge in [-0.1, -0.05) is 6.42 Å². The summed E-state index contributed by atoms with van der Waals surface area (Å²) in [6.45, 7) is 1.63. The van der Waals surface area contributed by atoms with E-state index in [2.05, 4.69) is 5.32 Å². The SMILES string of the molecule is CC(=O)NCCCCCC(=O)OCC(=O)c1ccc([N+](=O)[O-])cc1. The van der Waals surface area contributed by atoms with Crippen LogP contribution in [-0.4, -0.2) is 35.7 Å². The Morgan fingerprint density at radius 3 is 2.38 bits per heavy atom. The van der Waals surface area contributed by atoms with Gasteiger partial charge in [0, 0.05) is 37.6 Å². The number of Topliss-reactive ketones (excluding diaryl/α,β-unsaturated/α-hetero) is 1. The number of non-ortho nitro benzene ring substituents is 1. The van der Waals surface area contributed by atoms with Crippen LogP contribution in [0.3, 0.4) is 0 Å². The first-order valence-corrected chi connectivity index (χ1v) is 7.58. The van der Waals surface area contributed by atoms with E-state index in [0.717, 1.165) is 12.8 Å². The number of hydrogen-bond donors (Lipinski definition) is 1. The third kappa shape index (κ3) is 7.48. The standard InChI is InChI=1S/C16H20N2O6/c1-12(19)17-10-4-2-3-5-16(21)24-11-15(20)13-6-8-14(9-7-13)18(22)23/h6-9H,2-5,10-11H2,1H3,(H,17,19). The van der Waals surface area contributed by atoms with E-state index in [1.807, 2.05) is 0 Å². The fourth-order valence-electron chi connectivity index (χ4n) is 1.91. The Morgan fingerprint density at radius 2 is 1.79 bits per heavy atom. The summed E-state index contributed by atoms with van der Waals surface area (Å²) >= 11 is 0. The second-order valence-electron chi connectivity index (χ2n) is 5.18. The lowest BCUT2D eigenvalue weighted by atomic mass is 10.1. The molecule has 0 aliphatic heterocycles. The Bertz CT molecular complexity index is 597. The van der Waals surface area contributed by atoms with Gasteiger partial charge in [0.2, 0.25) is 5.91 Å². The summed E-state index contributed by atoms with van der Waals surface area (Å²) in [4.78, 5) is 44.0. The number of benzene rings is 1. The number of carbonyl (C=O) groups is 3. The van der Waals surface area contributed by atoms with Gasteiger partial charge in [-0.3, -0.25) is 24.5 Å². The molecule has 0 aromatic heterocycles. The number of rotatable bonds is 10. The molecule has 1 aromatic rings. The van der Waals surface area contributed by atoms with Crippen molar-refractivity contribution in [3.05, 3.63) is 39.9 Å². The first-order chi connectivity index (χ1) is 11.4.